The van der Waals surface area contributed by atoms with Crippen LogP contribution >= 0.6 is 0 Å². The molecular weight excluding hydrogens is 488 g/mol. The van der Waals surface area contributed by atoms with Crippen molar-refractivity contribution in [3.05, 3.63) is 35.2 Å². The summed E-state index contributed by atoms with van der Waals surface area (Å²) in [7, 11) is 0. The Hall–Kier alpha value is -1.52. The maximum Gasteiger partial charge on any atom is 0.419 e. The molecule has 0 atom stereocenters. The van der Waals surface area contributed by atoms with E-state index in [1.807, 2.05) is 6.08 Å². The van der Waals surface area contributed by atoms with Gasteiger partial charge in [-0.05, 0) is 111 Å². The summed E-state index contributed by atoms with van der Waals surface area (Å²) >= 11 is 0. The summed E-state index contributed by atoms with van der Waals surface area (Å²) in [6.45, 7) is 4.77. The number of halogens is 4. The number of rotatable bonds is 9. The molecular formula is C33H48F4O. The molecule has 1 aromatic rings. The molecule has 0 amide bonds. The molecule has 214 valence electrons. The number of alkyl halides is 3. The molecule has 3 saturated carbocycles. The molecule has 0 bridgehead atoms. The van der Waals surface area contributed by atoms with Crippen molar-refractivity contribution in [2.24, 2.45) is 35.5 Å². The van der Waals surface area contributed by atoms with E-state index in [9.17, 15) is 13.2 Å². The first-order chi connectivity index (χ1) is 18.3. The third-order valence-corrected chi connectivity index (χ3v) is 10.1. The van der Waals surface area contributed by atoms with E-state index >= 15 is 4.39 Å². The molecule has 0 spiro atoms. The largest absolute Gasteiger partial charge is 0.490 e. The van der Waals surface area contributed by atoms with E-state index in [1.54, 1.807) is 0 Å². The van der Waals surface area contributed by atoms with Crippen molar-refractivity contribution in [2.45, 2.75) is 116 Å². The SMILES string of the molecule is CCCC1CCC(C=Cc2ccc(OCC3CCC(C4CCC(CC)CC4)CC3)c(F)c2C(F)(F)F)CC1. The molecule has 5 heteroatoms. The van der Waals surface area contributed by atoms with Crippen molar-refractivity contribution in [2.75, 3.05) is 6.61 Å². The first-order valence-electron chi connectivity index (χ1n) is 15.5. The predicted molar refractivity (Wildman–Crippen MR) is 147 cm³/mol. The molecule has 0 radical (unpaired) electrons. The summed E-state index contributed by atoms with van der Waals surface area (Å²) in [4.78, 5) is 0. The molecule has 0 unspecified atom stereocenters. The number of allylic oxidation sites excluding steroid dienone is 1. The van der Waals surface area contributed by atoms with Crippen molar-refractivity contribution < 1.29 is 22.3 Å². The van der Waals surface area contributed by atoms with Crippen LogP contribution in [-0.4, -0.2) is 6.61 Å². The molecule has 1 nitrogen and oxygen atoms in total. The highest BCUT2D eigenvalue weighted by atomic mass is 19.4. The van der Waals surface area contributed by atoms with Crippen LogP contribution in [0.4, 0.5) is 17.6 Å². The second-order valence-electron chi connectivity index (χ2n) is 12.5. The first kappa shape index (κ1) is 29.5. The summed E-state index contributed by atoms with van der Waals surface area (Å²) in [6.07, 6.45) is 16.3. The molecule has 0 N–H and O–H groups in total. The molecule has 0 heterocycles. The Morgan fingerprint density at radius 3 is 1.92 bits per heavy atom. The van der Waals surface area contributed by atoms with E-state index in [-0.39, 0.29) is 23.1 Å². The smallest absolute Gasteiger partial charge is 0.419 e. The second kappa shape index (κ2) is 13.7. The van der Waals surface area contributed by atoms with E-state index in [4.69, 9.17) is 4.74 Å². The van der Waals surface area contributed by atoms with Gasteiger partial charge in [0.15, 0.2) is 11.6 Å². The summed E-state index contributed by atoms with van der Waals surface area (Å²) in [6, 6.07) is 2.77. The Labute approximate surface area is 227 Å². The second-order valence-corrected chi connectivity index (χ2v) is 12.5. The number of hydrogen-bond acceptors (Lipinski definition) is 1. The lowest BCUT2D eigenvalue weighted by Crippen LogP contribution is -2.27. The van der Waals surface area contributed by atoms with Crippen molar-refractivity contribution in [3.8, 4) is 5.75 Å². The maximum absolute atomic E-state index is 15.2. The Morgan fingerprint density at radius 2 is 1.37 bits per heavy atom. The van der Waals surface area contributed by atoms with Gasteiger partial charge >= 0.3 is 6.18 Å². The summed E-state index contributed by atoms with van der Waals surface area (Å²) in [5.74, 6) is 2.25. The van der Waals surface area contributed by atoms with Crippen LogP contribution in [-0.2, 0) is 6.18 Å². The molecule has 4 rings (SSSR count). The third kappa shape index (κ3) is 7.78. The van der Waals surface area contributed by atoms with Crippen molar-refractivity contribution in [3.63, 3.8) is 0 Å². The zero-order chi connectivity index (χ0) is 27.1. The minimum Gasteiger partial charge on any atom is -0.490 e. The lowest BCUT2D eigenvalue weighted by atomic mass is 9.69. The third-order valence-electron chi connectivity index (χ3n) is 10.1. The zero-order valence-electron chi connectivity index (χ0n) is 23.5. The Morgan fingerprint density at radius 1 is 0.789 bits per heavy atom. The fourth-order valence-electron chi connectivity index (χ4n) is 7.53. The Kier molecular flexibility index (Phi) is 10.6. The molecule has 0 aromatic heterocycles. The van der Waals surface area contributed by atoms with Gasteiger partial charge in [-0.15, -0.1) is 0 Å². The molecule has 38 heavy (non-hydrogen) atoms. The number of hydrogen-bond donors (Lipinski definition) is 0. The fourth-order valence-corrected chi connectivity index (χ4v) is 7.53. The van der Waals surface area contributed by atoms with Gasteiger partial charge < -0.3 is 4.74 Å². The van der Waals surface area contributed by atoms with E-state index in [1.165, 1.54) is 63.2 Å². The molecule has 0 saturated heterocycles. The monoisotopic (exact) mass is 536 g/mol. The van der Waals surface area contributed by atoms with Gasteiger partial charge in [-0.25, -0.2) is 4.39 Å². The highest BCUT2D eigenvalue weighted by Crippen LogP contribution is 2.43. The topological polar surface area (TPSA) is 9.23 Å². The minimum atomic E-state index is -4.77. The molecule has 3 fully saturated rings. The van der Waals surface area contributed by atoms with Crippen molar-refractivity contribution >= 4 is 6.08 Å². The van der Waals surface area contributed by atoms with E-state index in [0.717, 1.165) is 75.0 Å². The molecule has 0 aliphatic heterocycles. The van der Waals surface area contributed by atoms with E-state index in [2.05, 4.69) is 13.8 Å². The van der Waals surface area contributed by atoms with Gasteiger partial charge in [0.05, 0.1) is 6.61 Å². The normalized spacial score (nSPS) is 31.0. The average Bonchev–Trinajstić information content (AvgIpc) is 2.92. The lowest BCUT2D eigenvalue weighted by molar-refractivity contribution is -0.140. The molecule has 1 aromatic carbocycles. The maximum atomic E-state index is 15.2. The molecule has 3 aliphatic rings. The fraction of sp³-hybridized carbons (Fsp3) is 0.758. The quantitative estimate of drug-likeness (QED) is 0.285. The van der Waals surface area contributed by atoms with Crippen molar-refractivity contribution in [1.29, 1.82) is 0 Å². The number of ether oxygens (including phenoxy) is 1. The van der Waals surface area contributed by atoms with Gasteiger partial charge in [-0.2, -0.15) is 13.2 Å². The van der Waals surface area contributed by atoms with E-state index in [0.29, 0.717) is 6.61 Å². The van der Waals surface area contributed by atoms with Gasteiger partial charge in [0.2, 0.25) is 0 Å². The zero-order valence-corrected chi connectivity index (χ0v) is 23.5. The summed E-state index contributed by atoms with van der Waals surface area (Å²) in [5, 5.41) is 0. The van der Waals surface area contributed by atoms with Crippen LogP contribution in [0.5, 0.6) is 5.75 Å². The van der Waals surface area contributed by atoms with Gasteiger partial charge in [-0.1, -0.05) is 64.2 Å². The van der Waals surface area contributed by atoms with Crippen LogP contribution in [0.1, 0.15) is 121 Å². The predicted octanol–water partition coefficient (Wildman–Crippen LogP) is 10.9. The Balaban J connectivity index is 1.32. The van der Waals surface area contributed by atoms with Gasteiger partial charge in [0.1, 0.15) is 5.56 Å². The summed E-state index contributed by atoms with van der Waals surface area (Å²) in [5.41, 5.74) is -1.30. The van der Waals surface area contributed by atoms with Crippen molar-refractivity contribution in [1.82, 2.24) is 0 Å². The van der Waals surface area contributed by atoms with Crippen LogP contribution in [0.25, 0.3) is 6.08 Å². The average molecular weight is 537 g/mol. The first-order valence-corrected chi connectivity index (χ1v) is 15.5. The number of benzene rings is 1. The highest BCUT2D eigenvalue weighted by molar-refractivity contribution is 5.57. The van der Waals surface area contributed by atoms with Gasteiger partial charge in [0, 0.05) is 0 Å². The summed E-state index contributed by atoms with van der Waals surface area (Å²) < 4.78 is 62.6. The van der Waals surface area contributed by atoms with Gasteiger partial charge in [-0.3, -0.25) is 0 Å². The van der Waals surface area contributed by atoms with Crippen LogP contribution in [0.2, 0.25) is 0 Å². The lowest BCUT2D eigenvalue weighted by Gasteiger charge is -2.37. The van der Waals surface area contributed by atoms with Crippen LogP contribution in [0.15, 0.2) is 18.2 Å². The standard InChI is InChI=1S/C33H48F4O/c1-3-5-24-6-8-25(9-7-24)12-19-29-20-21-30(32(34)31(29)33(35,36)37)38-22-26-13-17-28(18-14-26)27-15-10-23(4-2)11-16-27/h12,19-21,23-28H,3-11,13-18,22H2,1-2H3. The van der Waals surface area contributed by atoms with Gasteiger partial charge in [0.25, 0.3) is 0 Å². The molecule has 3 aliphatic carbocycles. The van der Waals surface area contributed by atoms with Crippen LogP contribution in [0.3, 0.4) is 0 Å². The minimum absolute atomic E-state index is 0.101. The highest BCUT2D eigenvalue weighted by Gasteiger charge is 2.38. The van der Waals surface area contributed by atoms with Crippen LogP contribution in [0, 0.1) is 41.3 Å². The Bertz CT molecular complexity index is 883. The van der Waals surface area contributed by atoms with E-state index < -0.39 is 17.6 Å². The van der Waals surface area contributed by atoms with Crippen LogP contribution < -0.4 is 4.74 Å².